The molecule has 7 heteroatoms. The molecule has 176 valence electrons. The van der Waals surface area contributed by atoms with E-state index in [-0.39, 0.29) is 5.91 Å². The van der Waals surface area contributed by atoms with Crippen LogP contribution in [0.5, 0.6) is 5.75 Å². The zero-order valence-corrected chi connectivity index (χ0v) is 19.7. The number of benzene rings is 2. The Kier molecular flexibility index (Phi) is 6.88. The van der Waals surface area contributed by atoms with Gasteiger partial charge in [-0.3, -0.25) is 9.69 Å². The molecule has 2 amide bonds. The van der Waals surface area contributed by atoms with Crippen LogP contribution in [0.3, 0.4) is 0 Å². The van der Waals surface area contributed by atoms with E-state index in [1.54, 1.807) is 0 Å². The van der Waals surface area contributed by atoms with Crippen LogP contribution in [-0.4, -0.2) is 60.2 Å². The lowest BCUT2D eigenvalue weighted by molar-refractivity contribution is 0.0522. The third-order valence-corrected chi connectivity index (χ3v) is 5.86. The van der Waals surface area contributed by atoms with Crippen molar-refractivity contribution in [2.75, 3.05) is 32.8 Å². The average Bonchev–Trinajstić information content (AvgIpc) is 3.25. The van der Waals surface area contributed by atoms with Crippen molar-refractivity contribution in [1.29, 1.82) is 0 Å². The molecular formula is C26H33N3O4. The maximum absolute atomic E-state index is 12.9. The van der Waals surface area contributed by atoms with E-state index in [1.165, 1.54) is 11.1 Å². The standard InChI is InChI=1S/C26H33N3O4/c1-26(2,3)33-25(31)27-17-19-4-7-21(8-5-19)24(30)29-13-11-28(12-14-29)18-20-6-9-23-22(16-20)10-15-32-23/h4-9,16H,10-15,17-18H2,1-3H3,(H,27,31). The number of alkyl carbamates (subject to hydrolysis) is 1. The van der Waals surface area contributed by atoms with Crippen LogP contribution < -0.4 is 10.1 Å². The molecule has 0 radical (unpaired) electrons. The molecule has 2 aromatic rings. The van der Waals surface area contributed by atoms with Gasteiger partial charge in [0.2, 0.25) is 0 Å². The molecule has 7 nitrogen and oxygen atoms in total. The zero-order valence-electron chi connectivity index (χ0n) is 19.7. The van der Waals surface area contributed by atoms with E-state index in [9.17, 15) is 9.59 Å². The van der Waals surface area contributed by atoms with Crippen molar-refractivity contribution in [1.82, 2.24) is 15.1 Å². The maximum Gasteiger partial charge on any atom is 0.407 e. The number of hydrogen-bond acceptors (Lipinski definition) is 5. The minimum Gasteiger partial charge on any atom is -0.493 e. The molecular weight excluding hydrogens is 418 g/mol. The van der Waals surface area contributed by atoms with E-state index in [4.69, 9.17) is 9.47 Å². The molecule has 0 unspecified atom stereocenters. The van der Waals surface area contributed by atoms with Crippen LogP contribution in [0.4, 0.5) is 4.79 Å². The fourth-order valence-electron chi connectivity index (χ4n) is 4.14. The lowest BCUT2D eigenvalue weighted by Crippen LogP contribution is -2.48. The van der Waals surface area contributed by atoms with Gasteiger partial charge in [-0.15, -0.1) is 0 Å². The summed E-state index contributed by atoms with van der Waals surface area (Å²) in [6.07, 6.45) is 0.537. The molecule has 1 N–H and O–H groups in total. The molecule has 0 aromatic heterocycles. The third-order valence-electron chi connectivity index (χ3n) is 5.86. The number of hydrogen-bond donors (Lipinski definition) is 1. The summed E-state index contributed by atoms with van der Waals surface area (Å²) in [5, 5.41) is 2.74. The monoisotopic (exact) mass is 451 g/mol. The van der Waals surface area contributed by atoms with Gasteiger partial charge >= 0.3 is 6.09 Å². The molecule has 4 rings (SSSR count). The minimum atomic E-state index is -0.527. The molecule has 2 aromatic carbocycles. The first-order chi connectivity index (χ1) is 15.8. The Hall–Kier alpha value is -3.06. The van der Waals surface area contributed by atoms with Gasteiger partial charge in [0.15, 0.2) is 0 Å². The van der Waals surface area contributed by atoms with Crippen molar-refractivity contribution in [3.05, 3.63) is 64.7 Å². The van der Waals surface area contributed by atoms with Crippen molar-refractivity contribution in [2.24, 2.45) is 0 Å². The summed E-state index contributed by atoms with van der Waals surface area (Å²) in [7, 11) is 0. The quantitative estimate of drug-likeness (QED) is 0.752. The first kappa shape index (κ1) is 23.1. The molecule has 2 heterocycles. The van der Waals surface area contributed by atoms with Crippen LogP contribution >= 0.6 is 0 Å². The molecule has 33 heavy (non-hydrogen) atoms. The average molecular weight is 452 g/mol. The highest BCUT2D eigenvalue weighted by molar-refractivity contribution is 5.94. The van der Waals surface area contributed by atoms with Gasteiger partial charge in [0.05, 0.1) is 6.61 Å². The van der Waals surface area contributed by atoms with E-state index in [2.05, 4.69) is 28.4 Å². The second kappa shape index (κ2) is 9.83. The Bertz CT molecular complexity index is 990. The fourth-order valence-corrected chi connectivity index (χ4v) is 4.14. The Balaban J connectivity index is 1.24. The molecule has 0 spiro atoms. The zero-order chi connectivity index (χ0) is 23.4. The Labute approximate surface area is 195 Å². The summed E-state index contributed by atoms with van der Waals surface area (Å²) in [4.78, 5) is 29.0. The van der Waals surface area contributed by atoms with Crippen LogP contribution in [-0.2, 0) is 24.2 Å². The van der Waals surface area contributed by atoms with Gasteiger partial charge < -0.3 is 19.7 Å². The Morgan fingerprint density at radius 1 is 1.00 bits per heavy atom. The van der Waals surface area contributed by atoms with E-state index in [0.717, 1.165) is 57.1 Å². The second-order valence-electron chi connectivity index (χ2n) is 9.66. The molecule has 0 aliphatic carbocycles. The highest BCUT2D eigenvalue weighted by Gasteiger charge is 2.23. The summed E-state index contributed by atoms with van der Waals surface area (Å²) < 4.78 is 10.8. The summed E-state index contributed by atoms with van der Waals surface area (Å²) in [6, 6.07) is 13.9. The van der Waals surface area contributed by atoms with E-state index in [0.29, 0.717) is 12.1 Å². The minimum absolute atomic E-state index is 0.0518. The van der Waals surface area contributed by atoms with Crippen molar-refractivity contribution in [3.8, 4) is 5.75 Å². The van der Waals surface area contributed by atoms with Gasteiger partial charge in [0.1, 0.15) is 11.4 Å². The predicted molar refractivity (Wildman–Crippen MR) is 126 cm³/mol. The van der Waals surface area contributed by atoms with Crippen molar-refractivity contribution < 1.29 is 19.1 Å². The predicted octanol–water partition coefficient (Wildman–Crippen LogP) is 3.60. The summed E-state index contributed by atoms with van der Waals surface area (Å²) in [6.45, 7) is 10.7. The normalized spacial score (nSPS) is 16.2. The summed E-state index contributed by atoms with van der Waals surface area (Å²) in [5.41, 5.74) is 3.66. The van der Waals surface area contributed by atoms with Gasteiger partial charge in [-0.05, 0) is 55.7 Å². The molecule has 0 atom stereocenters. The molecule has 1 fully saturated rings. The highest BCUT2D eigenvalue weighted by atomic mass is 16.6. The number of carbonyl (C=O) groups excluding carboxylic acids is 2. The van der Waals surface area contributed by atoms with Crippen molar-refractivity contribution in [2.45, 2.75) is 45.9 Å². The Morgan fingerprint density at radius 3 is 2.39 bits per heavy atom. The lowest BCUT2D eigenvalue weighted by atomic mass is 10.1. The molecule has 2 aliphatic heterocycles. The van der Waals surface area contributed by atoms with Crippen LogP contribution in [0.1, 0.15) is 47.8 Å². The van der Waals surface area contributed by atoms with Gasteiger partial charge in [-0.1, -0.05) is 24.3 Å². The van der Waals surface area contributed by atoms with Gasteiger partial charge in [0, 0.05) is 51.3 Å². The lowest BCUT2D eigenvalue weighted by Gasteiger charge is -2.35. The number of carbonyl (C=O) groups is 2. The van der Waals surface area contributed by atoms with Gasteiger partial charge in [-0.2, -0.15) is 0 Å². The summed E-state index contributed by atoms with van der Waals surface area (Å²) in [5.74, 6) is 1.07. The van der Waals surface area contributed by atoms with E-state index in [1.807, 2.05) is 49.9 Å². The van der Waals surface area contributed by atoms with Gasteiger partial charge in [-0.25, -0.2) is 4.79 Å². The number of nitrogens with zero attached hydrogens (tertiary/aromatic N) is 2. The Morgan fingerprint density at radius 2 is 1.70 bits per heavy atom. The maximum atomic E-state index is 12.9. The molecule has 1 saturated heterocycles. The fraction of sp³-hybridized carbons (Fsp3) is 0.462. The number of amides is 2. The number of nitrogens with one attached hydrogen (secondary N) is 1. The first-order valence-corrected chi connectivity index (χ1v) is 11.6. The van der Waals surface area contributed by atoms with Crippen molar-refractivity contribution >= 4 is 12.0 Å². The number of rotatable bonds is 5. The second-order valence-corrected chi connectivity index (χ2v) is 9.66. The van der Waals surface area contributed by atoms with E-state index < -0.39 is 11.7 Å². The van der Waals surface area contributed by atoms with Crippen LogP contribution in [0.25, 0.3) is 0 Å². The highest BCUT2D eigenvalue weighted by Crippen LogP contribution is 2.26. The van der Waals surface area contributed by atoms with Crippen LogP contribution in [0.15, 0.2) is 42.5 Å². The number of piperazine rings is 1. The molecule has 0 bridgehead atoms. The molecule has 2 aliphatic rings. The first-order valence-electron chi connectivity index (χ1n) is 11.6. The van der Waals surface area contributed by atoms with Crippen LogP contribution in [0, 0.1) is 0 Å². The van der Waals surface area contributed by atoms with Crippen LogP contribution in [0.2, 0.25) is 0 Å². The van der Waals surface area contributed by atoms with E-state index >= 15 is 0 Å². The number of fused-ring (bicyclic) bond motifs is 1. The smallest absolute Gasteiger partial charge is 0.407 e. The largest absolute Gasteiger partial charge is 0.493 e. The topological polar surface area (TPSA) is 71.1 Å². The number of ether oxygens (including phenoxy) is 2. The van der Waals surface area contributed by atoms with Crippen molar-refractivity contribution in [3.63, 3.8) is 0 Å². The molecule has 0 saturated carbocycles. The summed E-state index contributed by atoms with van der Waals surface area (Å²) >= 11 is 0. The van der Waals surface area contributed by atoms with Gasteiger partial charge in [0.25, 0.3) is 5.91 Å². The third kappa shape index (κ3) is 6.26. The SMILES string of the molecule is CC(C)(C)OC(=O)NCc1ccc(C(=O)N2CCN(Cc3ccc4c(c3)CCO4)CC2)cc1.